The van der Waals surface area contributed by atoms with E-state index in [0.29, 0.717) is 0 Å². The van der Waals surface area contributed by atoms with Crippen LogP contribution in [-0.4, -0.2) is 32.5 Å². The fourth-order valence-electron chi connectivity index (χ4n) is 0.815. The molecule has 0 aromatic heterocycles. The Kier molecular flexibility index (Phi) is 8.04. The second kappa shape index (κ2) is 8.43. The molecule has 0 aliphatic rings. The van der Waals surface area contributed by atoms with E-state index in [1.54, 1.807) is 0 Å². The van der Waals surface area contributed by atoms with Gasteiger partial charge in [-0.1, -0.05) is 12.0 Å². The number of terminal acetylenes is 1. The molecule has 0 saturated carbocycles. The van der Waals surface area contributed by atoms with Crippen molar-refractivity contribution in [3.8, 4) is 12.3 Å². The van der Waals surface area contributed by atoms with Gasteiger partial charge >= 0.3 is 7.99 Å². The summed E-state index contributed by atoms with van der Waals surface area (Å²) in [6.45, 7) is 3.14. The van der Waals surface area contributed by atoms with E-state index in [9.17, 15) is 13.0 Å². The highest BCUT2D eigenvalue weighted by molar-refractivity contribution is 7.47. The van der Waals surface area contributed by atoms with Crippen molar-refractivity contribution >= 4 is 7.99 Å². The lowest BCUT2D eigenvalue weighted by atomic mass is 10.4. The van der Waals surface area contributed by atoms with Gasteiger partial charge in [-0.15, -0.1) is 21.4 Å². The summed E-state index contributed by atoms with van der Waals surface area (Å²) in [6.07, 6.45) is 5.23. The molecular weight excluding hydrogens is 241 g/mol. The molecule has 0 spiro atoms. The first kappa shape index (κ1) is 15.3. The molecule has 0 rings (SSSR count). The second-order valence-electron chi connectivity index (χ2n) is 2.69. The summed E-state index contributed by atoms with van der Waals surface area (Å²) in [5.41, 5.74) is 0. The molecular formula is C9H13F2O4P. The lowest BCUT2D eigenvalue weighted by molar-refractivity contribution is 0.00175. The normalized spacial score (nSPS) is 13.1. The van der Waals surface area contributed by atoms with E-state index in [1.807, 2.05) is 0 Å². The minimum Gasteiger partial charge on any atom is -0.375 e. The van der Waals surface area contributed by atoms with Crippen molar-refractivity contribution in [2.24, 2.45) is 0 Å². The van der Waals surface area contributed by atoms with Crippen LogP contribution in [0.3, 0.4) is 0 Å². The van der Waals surface area contributed by atoms with Crippen LogP contribution >= 0.6 is 7.99 Å². The lowest BCUT2D eigenvalue weighted by Gasteiger charge is -2.15. The Labute approximate surface area is 93.3 Å². The van der Waals surface area contributed by atoms with Crippen LogP contribution in [0, 0.1) is 12.3 Å². The zero-order valence-corrected chi connectivity index (χ0v) is 9.50. The molecule has 4 nitrogen and oxygen atoms in total. The Balaban J connectivity index is 4.00. The van der Waals surface area contributed by atoms with Crippen LogP contribution in [0.5, 0.6) is 0 Å². The van der Waals surface area contributed by atoms with Gasteiger partial charge in [0, 0.05) is 0 Å². The summed E-state index contributed by atoms with van der Waals surface area (Å²) in [5, 5.41) is 0. The van der Waals surface area contributed by atoms with Crippen LogP contribution in [0.25, 0.3) is 0 Å². The minimum absolute atomic E-state index is 0.0375. The van der Waals surface area contributed by atoms with Crippen LogP contribution in [0.2, 0.25) is 0 Å². The zero-order valence-electron chi connectivity index (χ0n) is 8.60. The van der Waals surface area contributed by atoms with Crippen LogP contribution in [-0.2, 0) is 18.6 Å². The topological polar surface area (TPSA) is 44.8 Å². The summed E-state index contributed by atoms with van der Waals surface area (Å²) in [4.78, 5) is 0. The molecule has 7 heteroatoms. The predicted molar refractivity (Wildman–Crippen MR) is 55.4 cm³/mol. The first-order valence-corrected chi connectivity index (χ1v) is 5.78. The van der Waals surface area contributed by atoms with E-state index >= 15 is 0 Å². The first-order valence-electron chi connectivity index (χ1n) is 4.37. The standard InChI is InChI=1S/C9H13F2O4P/c1-3-5-13-7-9(8-14-6-4-2)15-16(10,11)12/h1,4,9H,2,5-8H2. The Morgan fingerprint density at radius 3 is 2.56 bits per heavy atom. The summed E-state index contributed by atoms with van der Waals surface area (Å²) < 4.78 is 48.2. The first-order chi connectivity index (χ1) is 7.49. The average Bonchev–Trinajstić information content (AvgIpc) is 2.16. The monoisotopic (exact) mass is 254 g/mol. The molecule has 1 atom stereocenters. The summed E-state index contributed by atoms with van der Waals surface area (Å²) in [6, 6.07) is 0. The Hall–Kier alpha value is -0.730. The largest absolute Gasteiger partial charge is 0.552 e. The number of rotatable bonds is 9. The van der Waals surface area contributed by atoms with Gasteiger partial charge in [0.05, 0.1) is 19.8 Å². The highest BCUT2D eigenvalue weighted by Gasteiger charge is 2.27. The summed E-state index contributed by atoms with van der Waals surface area (Å²) >= 11 is 0. The zero-order chi connectivity index (χ0) is 12.4. The van der Waals surface area contributed by atoms with Gasteiger partial charge < -0.3 is 9.47 Å². The molecule has 0 aromatic carbocycles. The van der Waals surface area contributed by atoms with Gasteiger partial charge in [-0.05, 0) is 0 Å². The number of ether oxygens (including phenoxy) is 2. The van der Waals surface area contributed by atoms with Gasteiger partial charge in [0.2, 0.25) is 0 Å². The molecule has 92 valence electrons. The molecule has 0 amide bonds. The fraction of sp³-hybridized carbons (Fsp3) is 0.556. The van der Waals surface area contributed by atoms with Crippen LogP contribution in [0.15, 0.2) is 12.7 Å². The maximum Gasteiger partial charge on any atom is 0.552 e. The average molecular weight is 254 g/mol. The Morgan fingerprint density at radius 1 is 1.44 bits per heavy atom. The third kappa shape index (κ3) is 9.81. The Bertz CT molecular complexity index is 284. The molecule has 0 radical (unpaired) electrons. The molecule has 1 unspecified atom stereocenters. The van der Waals surface area contributed by atoms with E-state index in [-0.39, 0.29) is 26.4 Å². The van der Waals surface area contributed by atoms with Crippen molar-refractivity contribution in [2.75, 3.05) is 26.4 Å². The van der Waals surface area contributed by atoms with Crippen LogP contribution in [0.4, 0.5) is 8.39 Å². The maximum absolute atomic E-state index is 12.2. The third-order valence-electron chi connectivity index (χ3n) is 1.30. The molecule has 0 aliphatic carbocycles. The maximum atomic E-state index is 12.2. The van der Waals surface area contributed by atoms with Gasteiger partial charge in [0.1, 0.15) is 12.7 Å². The molecule has 0 heterocycles. The lowest BCUT2D eigenvalue weighted by Crippen LogP contribution is -2.24. The van der Waals surface area contributed by atoms with Crippen molar-refractivity contribution in [1.29, 1.82) is 0 Å². The van der Waals surface area contributed by atoms with Crippen molar-refractivity contribution < 1.29 is 27.0 Å². The molecule has 0 fully saturated rings. The van der Waals surface area contributed by atoms with Crippen molar-refractivity contribution in [3.63, 3.8) is 0 Å². The molecule has 0 saturated heterocycles. The van der Waals surface area contributed by atoms with Gasteiger partial charge in [-0.25, -0.2) is 4.57 Å². The molecule has 0 aliphatic heterocycles. The van der Waals surface area contributed by atoms with Gasteiger partial charge in [-0.3, -0.25) is 4.52 Å². The highest BCUT2D eigenvalue weighted by Crippen LogP contribution is 2.51. The third-order valence-corrected chi connectivity index (χ3v) is 1.84. The highest BCUT2D eigenvalue weighted by atomic mass is 31.2. The van der Waals surface area contributed by atoms with Gasteiger partial charge in [-0.2, -0.15) is 0 Å². The fourth-order valence-corrected chi connectivity index (χ4v) is 1.28. The number of halogens is 2. The van der Waals surface area contributed by atoms with Crippen LogP contribution in [0.1, 0.15) is 0 Å². The Morgan fingerprint density at radius 2 is 2.06 bits per heavy atom. The van der Waals surface area contributed by atoms with E-state index < -0.39 is 14.1 Å². The van der Waals surface area contributed by atoms with Gasteiger partial charge in [0.15, 0.2) is 0 Å². The van der Waals surface area contributed by atoms with E-state index in [4.69, 9.17) is 15.9 Å². The second-order valence-corrected chi connectivity index (χ2v) is 3.73. The van der Waals surface area contributed by atoms with E-state index in [0.717, 1.165) is 0 Å². The summed E-state index contributed by atoms with van der Waals surface area (Å²) in [7, 11) is -5.56. The molecule has 0 bridgehead atoms. The predicted octanol–water partition coefficient (Wildman–Crippen LogP) is 2.27. The van der Waals surface area contributed by atoms with Crippen molar-refractivity contribution in [3.05, 3.63) is 12.7 Å². The van der Waals surface area contributed by atoms with Crippen molar-refractivity contribution in [2.45, 2.75) is 6.10 Å². The molecule has 0 N–H and O–H groups in total. The minimum atomic E-state index is -5.56. The summed E-state index contributed by atoms with van der Waals surface area (Å²) in [5.74, 6) is 2.16. The number of hydrogen-bond donors (Lipinski definition) is 0. The van der Waals surface area contributed by atoms with E-state index in [2.05, 4.69) is 17.0 Å². The quantitative estimate of drug-likeness (QED) is 0.274. The SMILES string of the molecule is C#CCOCC(COCC=C)OP(=O)(F)F. The number of hydrogen-bond acceptors (Lipinski definition) is 4. The smallest absolute Gasteiger partial charge is 0.375 e. The molecule has 16 heavy (non-hydrogen) atoms. The van der Waals surface area contributed by atoms with Crippen LogP contribution < -0.4 is 0 Å². The van der Waals surface area contributed by atoms with E-state index in [1.165, 1.54) is 6.08 Å². The van der Waals surface area contributed by atoms with Crippen molar-refractivity contribution in [1.82, 2.24) is 0 Å². The molecule has 0 aromatic rings. The van der Waals surface area contributed by atoms with Gasteiger partial charge in [0.25, 0.3) is 0 Å².